The van der Waals surface area contributed by atoms with E-state index in [9.17, 15) is 18.4 Å². The fourth-order valence-corrected chi connectivity index (χ4v) is 4.82. The Kier molecular flexibility index (Phi) is 6.79. The average Bonchev–Trinajstić information content (AvgIpc) is 2.86. The van der Waals surface area contributed by atoms with E-state index in [4.69, 9.17) is 4.74 Å². The van der Waals surface area contributed by atoms with E-state index in [2.05, 4.69) is 21.2 Å². The van der Waals surface area contributed by atoms with Gasteiger partial charge in [-0.25, -0.2) is 8.78 Å². The van der Waals surface area contributed by atoms with Crippen LogP contribution in [0.5, 0.6) is 5.75 Å². The fourth-order valence-electron chi connectivity index (χ4n) is 4.44. The number of carbonyl (C=O) groups is 2. The smallest absolute Gasteiger partial charge is 0.264 e. The first-order chi connectivity index (χ1) is 15.3. The van der Waals surface area contributed by atoms with Crippen LogP contribution in [0.1, 0.15) is 56.2 Å². The van der Waals surface area contributed by atoms with Crippen molar-refractivity contribution in [2.45, 2.75) is 63.8 Å². The Morgan fingerprint density at radius 1 is 1.16 bits per heavy atom. The van der Waals surface area contributed by atoms with Crippen molar-refractivity contribution in [1.82, 2.24) is 10.2 Å². The minimum absolute atomic E-state index is 0.00981. The van der Waals surface area contributed by atoms with E-state index in [-0.39, 0.29) is 24.1 Å². The zero-order valence-electron chi connectivity index (χ0n) is 17.7. The predicted molar refractivity (Wildman–Crippen MR) is 119 cm³/mol. The van der Waals surface area contributed by atoms with Gasteiger partial charge in [0.25, 0.3) is 5.91 Å². The predicted octanol–water partition coefficient (Wildman–Crippen LogP) is 5.03. The van der Waals surface area contributed by atoms with Crippen LogP contribution >= 0.6 is 15.9 Å². The molecule has 170 valence electrons. The maximum absolute atomic E-state index is 14.5. The van der Waals surface area contributed by atoms with Crippen LogP contribution in [0.2, 0.25) is 0 Å². The van der Waals surface area contributed by atoms with Crippen molar-refractivity contribution >= 4 is 27.7 Å². The lowest BCUT2D eigenvalue weighted by Gasteiger charge is -2.32. The minimum Gasteiger partial charge on any atom is -0.481 e. The van der Waals surface area contributed by atoms with Gasteiger partial charge in [0, 0.05) is 21.6 Å². The summed E-state index contributed by atoms with van der Waals surface area (Å²) in [7, 11) is 0. The van der Waals surface area contributed by atoms with Gasteiger partial charge in [-0.3, -0.25) is 9.59 Å². The van der Waals surface area contributed by atoms with Gasteiger partial charge < -0.3 is 15.0 Å². The van der Waals surface area contributed by atoms with Crippen LogP contribution in [-0.2, 0) is 16.1 Å². The maximum Gasteiger partial charge on any atom is 0.264 e. The SMILES string of the molecule is CC1Oc2ccc(Br)cc2C(C(=O)NC2CCCCC2)N(Cc2c(F)cccc2F)C1=O. The third kappa shape index (κ3) is 4.65. The molecule has 2 aromatic rings. The molecule has 0 radical (unpaired) electrons. The van der Waals surface area contributed by atoms with Crippen molar-refractivity contribution in [3.8, 4) is 5.75 Å². The van der Waals surface area contributed by atoms with Gasteiger partial charge in [0.1, 0.15) is 23.4 Å². The zero-order chi connectivity index (χ0) is 22.8. The summed E-state index contributed by atoms with van der Waals surface area (Å²) in [6, 6.07) is 7.65. The highest BCUT2D eigenvalue weighted by Gasteiger charge is 2.40. The molecule has 2 amide bonds. The topological polar surface area (TPSA) is 58.6 Å². The first-order valence-electron chi connectivity index (χ1n) is 10.8. The van der Waals surface area contributed by atoms with Crippen LogP contribution in [-0.4, -0.2) is 28.9 Å². The summed E-state index contributed by atoms with van der Waals surface area (Å²) in [6.45, 7) is 1.18. The second kappa shape index (κ2) is 9.57. The molecule has 1 aliphatic heterocycles. The first-order valence-corrected chi connectivity index (χ1v) is 11.6. The molecule has 0 saturated heterocycles. The highest BCUT2D eigenvalue weighted by Crippen LogP contribution is 2.38. The van der Waals surface area contributed by atoms with Gasteiger partial charge in [0.05, 0.1) is 6.54 Å². The Bertz CT molecular complexity index is 1010. The minimum atomic E-state index is -1.08. The van der Waals surface area contributed by atoms with Crippen LogP contribution in [0.15, 0.2) is 40.9 Å². The van der Waals surface area contributed by atoms with Crippen molar-refractivity contribution in [3.05, 3.63) is 63.6 Å². The molecule has 4 rings (SSSR count). The van der Waals surface area contributed by atoms with E-state index in [1.54, 1.807) is 25.1 Å². The number of nitrogens with zero attached hydrogens (tertiary/aromatic N) is 1. The van der Waals surface area contributed by atoms with E-state index in [1.807, 2.05) is 0 Å². The Labute approximate surface area is 194 Å². The van der Waals surface area contributed by atoms with E-state index in [0.717, 1.165) is 44.2 Å². The van der Waals surface area contributed by atoms with Gasteiger partial charge in [-0.1, -0.05) is 41.3 Å². The number of amides is 2. The van der Waals surface area contributed by atoms with Crippen molar-refractivity contribution in [2.75, 3.05) is 0 Å². The molecule has 1 saturated carbocycles. The van der Waals surface area contributed by atoms with Crippen molar-refractivity contribution < 1.29 is 23.1 Å². The third-order valence-corrected chi connectivity index (χ3v) is 6.60. The summed E-state index contributed by atoms with van der Waals surface area (Å²) in [5.74, 6) is -2.02. The van der Waals surface area contributed by atoms with Crippen LogP contribution < -0.4 is 10.1 Å². The maximum atomic E-state index is 14.5. The van der Waals surface area contributed by atoms with Crippen LogP contribution in [0.4, 0.5) is 8.78 Å². The Morgan fingerprint density at radius 2 is 1.84 bits per heavy atom. The van der Waals surface area contributed by atoms with Gasteiger partial charge in [0.2, 0.25) is 5.91 Å². The van der Waals surface area contributed by atoms with Crippen molar-refractivity contribution in [2.24, 2.45) is 0 Å². The van der Waals surface area contributed by atoms with E-state index >= 15 is 0 Å². The molecule has 5 nitrogen and oxygen atoms in total. The second-order valence-electron chi connectivity index (χ2n) is 8.35. The molecular weight excluding hydrogens is 482 g/mol. The Balaban J connectivity index is 1.77. The van der Waals surface area contributed by atoms with Gasteiger partial charge in [0.15, 0.2) is 6.10 Å². The molecule has 2 aliphatic rings. The quantitative estimate of drug-likeness (QED) is 0.632. The van der Waals surface area contributed by atoms with Gasteiger partial charge in [-0.2, -0.15) is 0 Å². The average molecular weight is 507 g/mol. The molecule has 0 spiro atoms. The summed E-state index contributed by atoms with van der Waals surface area (Å²) < 4.78 is 35.5. The first kappa shape index (κ1) is 22.7. The molecule has 8 heteroatoms. The van der Waals surface area contributed by atoms with Crippen molar-refractivity contribution in [1.29, 1.82) is 0 Å². The Hall–Kier alpha value is -2.48. The summed E-state index contributed by atoms with van der Waals surface area (Å²) >= 11 is 3.42. The van der Waals surface area contributed by atoms with Gasteiger partial charge >= 0.3 is 0 Å². The fraction of sp³-hybridized carbons (Fsp3) is 0.417. The lowest BCUT2D eigenvalue weighted by atomic mass is 9.94. The Morgan fingerprint density at radius 3 is 2.53 bits per heavy atom. The number of benzene rings is 2. The van der Waals surface area contributed by atoms with Crippen LogP contribution in [0.3, 0.4) is 0 Å². The standard InChI is InChI=1S/C24H25BrF2N2O3/c1-14-24(31)29(13-18-19(26)8-5-9-20(18)27)22(17-12-15(25)10-11-21(17)32-14)23(30)28-16-6-3-2-4-7-16/h5,8-12,14,16,22H,2-4,6-7,13H2,1H3,(H,28,30). The molecule has 1 heterocycles. The van der Waals surface area contributed by atoms with E-state index in [0.29, 0.717) is 15.8 Å². The van der Waals surface area contributed by atoms with Gasteiger partial charge in [-0.05, 0) is 50.1 Å². The van der Waals surface area contributed by atoms with Crippen LogP contribution in [0, 0.1) is 11.6 Å². The molecule has 1 aliphatic carbocycles. The van der Waals surface area contributed by atoms with E-state index < -0.39 is 29.7 Å². The molecule has 2 aromatic carbocycles. The number of hydrogen-bond acceptors (Lipinski definition) is 3. The lowest BCUT2D eigenvalue weighted by Crippen LogP contribution is -2.48. The molecule has 0 aromatic heterocycles. The second-order valence-corrected chi connectivity index (χ2v) is 9.27. The molecular formula is C24H25BrF2N2O3. The molecule has 0 bridgehead atoms. The summed E-state index contributed by atoms with van der Waals surface area (Å²) in [4.78, 5) is 28.1. The lowest BCUT2D eigenvalue weighted by molar-refractivity contribution is -0.145. The number of nitrogens with one attached hydrogen (secondary N) is 1. The van der Waals surface area contributed by atoms with Crippen LogP contribution in [0.25, 0.3) is 0 Å². The molecule has 2 unspecified atom stereocenters. The van der Waals surface area contributed by atoms with Gasteiger partial charge in [-0.15, -0.1) is 0 Å². The molecule has 1 fully saturated rings. The highest BCUT2D eigenvalue weighted by molar-refractivity contribution is 9.10. The largest absolute Gasteiger partial charge is 0.481 e. The van der Waals surface area contributed by atoms with E-state index in [1.165, 1.54) is 11.0 Å². The van der Waals surface area contributed by atoms with Crippen molar-refractivity contribution in [3.63, 3.8) is 0 Å². The number of ether oxygens (including phenoxy) is 1. The number of rotatable bonds is 4. The number of carbonyl (C=O) groups excluding carboxylic acids is 2. The number of halogens is 3. The normalized spacial score (nSPS) is 21.5. The molecule has 32 heavy (non-hydrogen) atoms. The highest BCUT2D eigenvalue weighted by atomic mass is 79.9. The molecule has 2 atom stereocenters. The third-order valence-electron chi connectivity index (χ3n) is 6.10. The summed E-state index contributed by atoms with van der Waals surface area (Å²) in [6.07, 6.45) is 4.01. The monoisotopic (exact) mass is 506 g/mol. The summed E-state index contributed by atoms with van der Waals surface area (Å²) in [5, 5.41) is 3.07. The molecule has 1 N–H and O–H groups in total. The zero-order valence-corrected chi connectivity index (χ0v) is 19.3. The summed E-state index contributed by atoms with van der Waals surface area (Å²) in [5.41, 5.74) is 0.212. The number of fused-ring (bicyclic) bond motifs is 1. The number of hydrogen-bond donors (Lipinski definition) is 1.